The monoisotopic (exact) mass is 330 g/mol. The molecule has 8 nitrogen and oxygen atoms in total. The second kappa shape index (κ2) is 6.69. The Hall–Kier alpha value is -2.90. The molecule has 0 unspecified atom stereocenters. The normalized spacial score (nSPS) is 13.5. The van der Waals surface area contributed by atoms with Gasteiger partial charge in [0.15, 0.2) is 0 Å². The minimum atomic E-state index is -0.552. The molecule has 1 aromatic carbocycles. The van der Waals surface area contributed by atoms with Crippen LogP contribution in [0, 0.1) is 10.1 Å². The number of ether oxygens (including phenoxy) is 1. The number of carbonyl (C=O) groups excluding carboxylic acids is 1. The molecule has 1 aromatic heterocycles. The van der Waals surface area contributed by atoms with Crippen LogP contribution in [-0.2, 0) is 17.8 Å². The van der Waals surface area contributed by atoms with Gasteiger partial charge in [-0.25, -0.2) is 0 Å². The highest BCUT2D eigenvalue weighted by Crippen LogP contribution is 2.36. The summed E-state index contributed by atoms with van der Waals surface area (Å²) in [5, 5.41) is 10.6. The van der Waals surface area contributed by atoms with Crippen LogP contribution in [0.5, 0.6) is 5.75 Å². The van der Waals surface area contributed by atoms with E-state index in [1.807, 2.05) is 18.2 Å². The van der Waals surface area contributed by atoms with Gasteiger partial charge >= 0.3 is 5.82 Å². The first-order chi connectivity index (χ1) is 11.6. The molecule has 0 saturated heterocycles. The average Bonchev–Trinajstić information content (AvgIpc) is 3.08. The van der Waals surface area contributed by atoms with Crippen LogP contribution in [-0.4, -0.2) is 34.0 Å². The Morgan fingerprint density at radius 3 is 3.00 bits per heavy atom. The van der Waals surface area contributed by atoms with Crippen molar-refractivity contribution in [3.8, 4) is 5.75 Å². The highest BCUT2D eigenvalue weighted by molar-refractivity contribution is 5.96. The number of anilines is 1. The van der Waals surface area contributed by atoms with Gasteiger partial charge in [-0.05, 0) is 34.4 Å². The summed E-state index contributed by atoms with van der Waals surface area (Å²) >= 11 is 0. The van der Waals surface area contributed by atoms with Crippen molar-refractivity contribution in [1.29, 1.82) is 0 Å². The number of amides is 1. The van der Waals surface area contributed by atoms with Gasteiger partial charge in [-0.3, -0.25) is 4.79 Å². The fourth-order valence-corrected chi connectivity index (χ4v) is 2.95. The summed E-state index contributed by atoms with van der Waals surface area (Å²) in [6.07, 6.45) is 4.77. The maximum absolute atomic E-state index is 12.6. The number of aromatic nitrogens is 2. The predicted octanol–water partition coefficient (Wildman–Crippen LogP) is 2.17. The number of methoxy groups -OCH3 is 1. The number of hydrogen-bond donors (Lipinski definition) is 0. The number of aryl methyl sites for hydroxylation is 2. The van der Waals surface area contributed by atoms with E-state index < -0.39 is 4.92 Å². The van der Waals surface area contributed by atoms with Gasteiger partial charge in [0.05, 0.1) is 12.8 Å². The van der Waals surface area contributed by atoms with Crippen LogP contribution in [0.15, 0.2) is 30.7 Å². The van der Waals surface area contributed by atoms with Crippen LogP contribution in [0.3, 0.4) is 0 Å². The van der Waals surface area contributed by atoms with Crippen molar-refractivity contribution in [3.05, 3.63) is 46.4 Å². The number of hydrogen-bond acceptors (Lipinski definition) is 5. The number of fused-ring (bicyclic) bond motifs is 1. The van der Waals surface area contributed by atoms with E-state index in [-0.39, 0.29) is 18.1 Å². The van der Waals surface area contributed by atoms with E-state index in [4.69, 9.17) is 4.74 Å². The number of carbonyl (C=O) groups is 1. The fourth-order valence-electron chi connectivity index (χ4n) is 2.95. The molecule has 126 valence electrons. The molecule has 3 rings (SSSR count). The quantitative estimate of drug-likeness (QED) is 0.619. The topological polar surface area (TPSA) is 90.5 Å². The number of nitrogens with zero attached hydrogens (tertiary/aromatic N) is 4. The molecule has 0 N–H and O–H groups in total. The van der Waals surface area contributed by atoms with Crippen LogP contribution in [0.1, 0.15) is 18.4 Å². The largest absolute Gasteiger partial charge is 0.495 e. The summed E-state index contributed by atoms with van der Waals surface area (Å²) in [7, 11) is 1.59. The third-order valence-corrected chi connectivity index (χ3v) is 4.09. The summed E-state index contributed by atoms with van der Waals surface area (Å²) in [6, 6.07) is 5.79. The van der Waals surface area contributed by atoms with Gasteiger partial charge in [-0.1, -0.05) is 12.1 Å². The van der Waals surface area contributed by atoms with Gasteiger partial charge < -0.3 is 24.3 Å². The molecule has 0 radical (unpaired) electrons. The van der Waals surface area contributed by atoms with Crippen molar-refractivity contribution >= 4 is 17.4 Å². The number of para-hydroxylation sites is 1. The Bertz CT molecular complexity index is 757. The number of imidazole rings is 1. The molecule has 2 aromatic rings. The second-order valence-corrected chi connectivity index (χ2v) is 5.59. The molecule has 2 heterocycles. The summed E-state index contributed by atoms with van der Waals surface area (Å²) in [4.78, 5) is 28.2. The first-order valence-electron chi connectivity index (χ1n) is 7.72. The van der Waals surface area contributed by atoms with E-state index in [1.165, 1.54) is 12.5 Å². The maximum Gasteiger partial charge on any atom is 0.381 e. The van der Waals surface area contributed by atoms with E-state index in [9.17, 15) is 14.9 Å². The zero-order valence-corrected chi connectivity index (χ0v) is 13.3. The Morgan fingerprint density at radius 1 is 1.46 bits per heavy atom. The predicted molar refractivity (Wildman–Crippen MR) is 87.2 cm³/mol. The lowest BCUT2D eigenvalue weighted by Crippen LogP contribution is -2.36. The lowest BCUT2D eigenvalue weighted by molar-refractivity contribution is -0.389. The molecule has 0 spiro atoms. The standard InChI is InChI=1S/C16H18N4O4/c1-24-13-6-2-4-12-5-3-8-19(16(12)13)15(21)7-9-18-10-14(17-11-18)20(22)23/h2,4,6,10-11H,3,5,7-9H2,1H3. The third kappa shape index (κ3) is 3.08. The molecule has 0 fully saturated rings. The van der Waals surface area contributed by atoms with Gasteiger partial charge in [-0.2, -0.15) is 0 Å². The Kier molecular flexibility index (Phi) is 4.45. The lowest BCUT2D eigenvalue weighted by atomic mass is 10.0. The molecule has 0 saturated carbocycles. The summed E-state index contributed by atoms with van der Waals surface area (Å²) < 4.78 is 6.96. The Morgan fingerprint density at radius 2 is 2.29 bits per heavy atom. The van der Waals surface area contributed by atoms with Gasteiger partial charge in [-0.15, -0.1) is 0 Å². The molecule has 0 atom stereocenters. The SMILES string of the molecule is COc1cccc2c1N(C(=O)CCn1cnc([N+](=O)[O-])c1)CCC2. The van der Waals surface area contributed by atoms with Crippen molar-refractivity contribution in [2.45, 2.75) is 25.8 Å². The third-order valence-electron chi connectivity index (χ3n) is 4.09. The smallest absolute Gasteiger partial charge is 0.381 e. The summed E-state index contributed by atoms with van der Waals surface area (Å²) in [5.74, 6) is 0.447. The van der Waals surface area contributed by atoms with Crippen molar-refractivity contribution in [2.24, 2.45) is 0 Å². The zero-order valence-electron chi connectivity index (χ0n) is 13.3. The Balaban J connectivity index is 1.73. The zero-order chi connectivity index (χ0) is 17.1. The first kappa shape index (κ1) is 16.0. The first-order valence-corrected chi connectivity index (χ1v) is 7.72. The molecular formula is C16H18N4O4. The molecule has 24 heavy (non-hydrogen) atoms. The van der Waals surface area contributed by atoms with Crippen molar-refractivity contribution in [2.75, 3.05) is 18.6 Å². The van der Waals surface area contributed by atoms with E-state index in [2.05, 4.69) is 4.98 Å². The van der Waals surface area contributed by atoms with Crippen LogP contribution >= 0.6 is 0 Å². The maximum atomic E-state index is 12.6. The van der Waals surface area contributed by atoms with Gasteiger partial charge in [0.1, 0.15) is 11.9 Å². The van der Waals surface area contributed by atoms with Crippen molar-refractivity contribution < 1.29 is 14.5 Å². The van der Waals surface area contributed by atoms with Crippen LogP contribution < -0.4 is 9.64 Å². The minimum absolute atomic E-state index is 0.0307. The number of benzene rings is 1. The van der Waals surface area contributed by atoms with E-state index in [0.717, 1.165) is 24.1 Å². The van der Waals surface area contributed by atoms with E-state index >= 15 is 0 Å². The van der Waals surface area contributed by atoms with Crippen LogP contribution in [0.25, 0.3) is 0 Å². The van der Waals surface area contributed by atoms with E-state index in [1.54, 1.807) is 16.6 Å². The number of nitro groups is 1. The average molecular weight is 330 g/mol. The number of rotatable bonds is 5. The molecule has 1 amide bonds. The fraction of sp³-hybridized carbons (Fsp3) is 0.375. The van der Waals surface area contributed by atoms with Crippen molar-refractivity contribution in [1.82, 2.24) is 9.55 Å². The minimum Gasteiger partial charge on any atom is -0.495 e. The van der Waals surface area contributed by atoms with Gasteiger partial charge in [0, 0.05) is 19.5 Å². The molecule has 0 bridgehead atoms. The highest BCUT2D eigenvalue weighted by Gasteiger charge is 2.25. The molecular weight excluding hydrogens is 312 g/mol. The van der Waals surface area contributed by atoms with E-state index in [0.29, 0.717) is 18.8 Å². The Labute approximate surface area is 138 Å². The summed E-state index contributed by atoms with van der Waals surface area (Å²) in [6.45, 7) is 0.997. The van der Waals surface area contributed by atoms with Crippen molar-refractivity contribution in [3.63, 3.8) is 0 Å². The molecule has 0 aliphatic carbocycles. The van der Waals surface area contributed by atoms with Gasteiger partial charge in [0.25, 0.3) is 0 Å². The van der Waals surface area contributed by atoms with Crippen LogP contribution in [0.4, 0.5) is 11.5 Å². The van der Waals surface area contributed by atoms with Crippen LogP contribution in [0.2, 0.25) is 0 Å². The second-order valence-electron chi connectivity index (χ2n) is 5.59. The molecule has 1 aliphatic rings. The highest BCUT2D eigenvalue weighted by atomic mass is 16.6. The molecule has 1 aliphatic heterocycles. The van der Waals surface area contributed by atoms with Gasteiger partial charge in [0.2, 0.25) is 12.2 Å². The lowest BCUT2D eigenvalue weighted by Gasteiger charge is -2.31. The molecule has 8 heteroatoms. The summed E-state index contributed by atoms with van der Waals surface area (Å²) in [5.41, 5.74) is 1.94.